The molecular weight excluding hydrogens is 328 g/mol. The fourth-order valence-electron chi connectivity index (χ4n) is 2.37. The largest absolute Gasteiger partial charge is 0.497 e. The van der Waals surface area contributed by atoms with Crippen LogP contribution >= 0.6 is 11.6 Å². The normalized spacial score (nSPS) is 12.0. The number of nitrogens with one attached hydrogen (secondary N) is 1. The van der Waals surface area contributed by atoms with E-state index in [1.807, 2.05) is 42.1 Å². The molecule has 3 N–H and O–H groups in total. The van der Waals surface area contributed by atoms with E-state index in [2.05, 4.69) is 20.3 Å². The summed E-state index contributed by atoms with van der Waals surface area (Å²) in [5, 5.41) is 3.58. The zero-order chi connectivity index (χ0) is 17.1. The number of imidazole rings is 1. The van der Waals surface area contributed by atoms with Crippen molar-refractivity contribution in [2.24, 2.45) is 7.05 Å². The van der Waals surface area contributed by atoms with Crippen LogP contribution in [0.4, 0.5) is 11.6 Å². The molecule has 2 aromatic heterocycles. The van der Waals surface area contributed by atoms with Gasteiger partial charge in [-0.25, -0.2) is 15.0 Å². The molecule has 0 aliphatic carbocycles. The number of hydrogen-bond acceptors (Lipinski definition) is 6. The highest BCUT2D eigenvalue weighted by Crippen LogP contribution is 2.30. The zero-order valence-electron chi connectivity index (χ0n) is 13.3. The Morgan fingerprint density at radius 2 is 1.96 bits per heavy atom. The summed E-state index contributed by atoms with van der Waals surface area (Å²) in [5.74, 6) is 2.27. The van der Waals surface area contributed by atoms with E-state index in [1.165, 1.54) is 6.33 Å². The molecule has 0 radical (unpaired) electrons. The molecule has 3 rings (SSSR count). The standard InChI is InChI=1S/C16H17ClN6O/c1-23-8-7-19-16(23)13(10-3-5-11(24-2)6-4-10)22-15-12(17)14(18)20-9-21-15/h3-9,13H,1-2H3,(H3,18,20,21,22)/t13-/m1/s1. The molecule has 0 fully saturated rings. The highest BCUT2D eigenvalue weighted by Gasteiger charge is 2.21. The highest BCUT2D eigenvalue weighted by atomic mass is 35.5. The Labute approximate surface area is 144 Å². The van der Waals surface area contributed by atoms with Crippen LogP contribution in [-0.4, -0.2) is 26.6 Å². The van der Waals surface area contributed by atoms with E-state index >= 15 is 0 Å². The number of anilines is 2. The number of rotatable bonds is 5. The van der Waals surface area contributed by atoms with Gasteiger partial charge in [-0.2, -0.15) is 0 Å². The summed E-state index contributed by atoms with van der Waals surface area (Å²) >= 11 is 6.21. The number of methoxy groups -OCH3 is 1. The summed E-state index contributed by atoms with van der Waals surface area (Å²) in [6.07, 6.45) is 4.99. The van der Waals surface area contributed by atoms with E-state index in [-0.39, 0.29) is 16.9 Å². The molecule has 0 saturated heterocycles. The second-order valence-electron chi connectivity index (χ2n) is 5.17. The molecule has 0 bridgehead atoms. The first-order valence-electron chi connectivity index (χ1n) is 7.24. The fraction of sp³-hybridized carbons (Fsp3) is 0.188. The third-order valence-corrected chi connectivity index (χ3v) is 4.04. The topological polar surface area (TPSA) is 90.9 Å². The van der Waals surface area contributed by atoms with Gasteiger partial charge in [0.2, 0.25) is 0 Å². The van der Waals surface area contributed by atoms with Crippen LogP contribution in [0.3, 0.4) is 0 Å². The Kier molecular flexibility index (Phi) is 4.52. The lowest BCUT2D eigenvalue weighted by Gasteiger charge is -2.20. The molecule has 1 atom stereocenters. The van der Waals surface area contributed by atoms with Crippen molar-refractivity contribution in [3.8, 4) is 5.75 Å². The molecule has 0 unspecified atom stereocenters. The first-order chi connectivity index (χ1) is 11.6. The number of aryl methyl sites for hydroxylation is 1. The van der Waals surface area contributed by atoms with Gasteiger partial charge in [0.1, 0.15) is 34.8 Å². The molecule has 0 spiro atoms. The monoisotopic (exact) mass is 344 g/mol. The van der Waals surface area contributed by atoms with Gasteiger partial charge in [0.15, 0.2) is 5.82 Å². The number of aromatic nitrogens is 4. The van der Waals surface area contributed by atoms with Crippen molar-refractivity contribution in [3.05, 3.63) is 59.4 Å². The molecule has 0 saturated carbocycles. The molecule has 7 nitrogen and oxygen atoms in total. The molecular formula is C16H17ClN6O. The lowest BCUT2D eigenvalue weighted by atomic mass is 10.1. The van der Waals surface area contributed by atoms with E-state index in [0.29, 0.717) is 5.82 Å². The molecule has 0 aliphatic rings. The van der Waals surface area contributed by atoms with Crippen molar-refractivity contribution >= 4 is 23.2 Å². The van der Waals surface area contributed by atoms with Crippen LogP contribution in [0.25, 0.3) is 0 Å². The molecule has 8 heteroatoms. The lowest BCUT2D eigenvalue weighted by molar-refractivity contribution is 0.414. The summed E-state index contributed by atoms with van der Waals surface area (Å²) in [6.45, 7) is 0. The minimum Gasteiger partial charge on any atom is -0.497 e. The predicted octanol–water partition coefficient (Wildman–Crippen LogP) is 2.66. The van der Waals surface area contributed by atoms with Gasteiger partial charge in [-0.05, 0) is 17.7 Å². The number of ether oxygens (including phenoxy) is 1. The summed E-state index contributed by atoms with van der Waals surface area (Å²) in [5.41, 5.74) is 6.75. The number of hydrogen-bond donors (Lipinski definition) is 2. The van der Waals surface area contributed by atoms with Gasteiger partial charge in [-0.3, -0.25) is 0 Å². The van der Waals surface area contributed by atoms with Crippen LogP contribution in [0, 0.1) is 0 Å². The Morgan fingerprint density at radius 3 is 2.58 bits per heavy atom. The predicted molar refractivity (Wildman–Crippen MR) is 93.1 cm³/mol. The van der Waals surface area contributed by atoms with Crippen LogP contribution in [0.5, 0.6) is 5.75 Å². The average molecular weight is 345 g/mol. The van der Waals surface area contributed by atoms with E-state index in [1.54, 1.807) is 13.3 Å². The van der Waals surface area contributed by atoms with E-state index in [4.69, 9.17) is 22.1 Å². The van der Waals surface area contributed by atoms with Gasteiger partial charge in [0.05, 0.1) is 7.11 Å². The van der Waals surface area contributed by atoms with E-state index in [9.17, 15) is 0 Å². The van der Waals surface area contributed by atoms with E-state index in [0.717, 1.165) is 17.1 Å². The van der Waals surface area contributed by atoms with Crippen molar-refractivity contribution in [2.75, 3.05) is 18.2 Å². The maximum absolute atomic E-state index is 6.21. The molecule has 3 aromatic rings. The molecule has 0 amide bonds. The molecule has 0 aliphatic heterocycles. The summed E-state index contributed by atoms with van der Waals surface area (Å²) in [6, 6.07) is 7.45. The van der Waals surface area contributed by atoms with Crippen molar-refractivity contribution in [3.63, 3.8) is 0 Å². The van der Waals surface area contributed by atoms with Gasteiger partial charge in [-0.1, -0.05) is 23.7 Å². The second-order valence-corrected chi connectivity index (χ2v) is 5.55. The van der Waals surface area contributed by atoms with Crippen molar-refractivity contribution in [1.29, 1.82) is 0 Å². The quantitative estimate of drug-likeness (QED) is 0.739. The Hall–Kier alpha value is -2.80. The van der Waals surface area contributed by atoms with E-state index < -0.39 is 0 Å². The average Bonchev–Trinajstić information content (AvgIpc) is 3.02. The van der Waals surface area contributed by atoms with Crippen molar-refractivity contribution < 1.29 is 4.74 Å². The minimum atomic E-state index is -0.261. The molecule has 1 aromatic carbocycles. The smallest absolute Gasteiger partial charge is 0.151 e. The summed E-state index contributed by atoms with van der Waals surface area (Å²) < 4.78 is 7.15. The maximum Gasteiger partial charge on any atom is 0.151 e. The van der Waals surface area contributed by atoms with Crippen LogP contribution in [0.15, 0.2) is 43.0 Å². The third kappa shape index (κ3) is 3.11. The number of benzene rings is 1. The van der Waals surface area contributed by atoms with Gasteiger partial charge in [-0.15, -0.1) is 0 Å². The first-order valence-corrected chi connectivity index (χ1v) is 7.61. The maximum atomic E-state index is 6.21. The molecule has 124 valence electrons. The van der Waals surface area contributed by atoms with Gasteiger partial charge >= 0.3 is 0 Å². The SMILES string of the molecule is COc1ccc([C@@H](Nc2ncnc(N)c2Cl)c2nccn2C)cc1. The van der Waals surface area contributed by atoms with Crippen LogP contribution in [-0.2, 0) is 7.05 Å². The minimum absolute atomic E-state index is 0.225. The zero-order valence-corrected chi connectivity index (χ0v) is 14.0. The lowest BCUT2D eigenvalue weighted by Crippen LogP contribution is -2.18. The van der Waals surface area contributed by atoms with Crippen molar-refractivity contribution in [1.82, 2.24) is 19.5 Å². The Morgan fingerprint density at radius 1 is 1.21 bits per heavy atom. The fourth-order valence-corrected chi connectivity index (χ4v) is 2.52. The van der Waals surface area contributed by atoms with Crippen molar-refractivity contribution in [2.45, 2.75) is 6.04 Å². The Balaban J connectivity index is 2.02. The Bertz CT molecular complexity index is 833. The second kappa shape index (κ2) is 6.76. The molecule has 24 heavy (non-hydrogen) atoms. The number of halogens is 1. The van der Waals surface area contributed by atoms with Crippen LogP contribution in [0.2, 0.25) is 5.02 Å². The highest BCUT2D eigenvalue weighted by molar-refractivity contribution is 6.35. The number of nitrogens with two attached hydrogens (primary N) is 1. The summed E-state index contributed by atoms with van der Waals surface area (Å²) in [4.78, 5) is 12.5. The molecule has 2 heterocycles. The first kappa shape index (κ1) is 16.1. The van der Waals surface area contributed by atoms with Crippen LogP contribution < -0.4 is 15.8 Å². The number of nitrogen functional groups attached to an aromatic ring is 1. The third-order valence-electron chi connectivity index (χ3n) is 3.66. The summed E-state index contributed by atoms with van der Waals surface area (Å²) in [7, 11) is 3.56. The van der Waals surface area contributed by atoms with Gasteiger partial charge in [0, 0.05) is 19.4 Å². The number of nitrogens with zero attached hydrogens (tertiary/aromatic N) is 4. The van der Waals surface area contributed by atoms with Gasteiger partial charge < -0.3 is 20.4 Å². The van der Waals surface area contributed by atoms with Gasteiger partial charge in [0.25, 0.3) is 0 Å². The van der Waals surface area contributed by atoms with Crippen LogP contribution in [0.1, 0.15) is 17.4 Å².